The smallest absolute Gasteiger partial charge is 0.350 e. The molecule has 1 N–H and O–H groups in total. The monoisotopic (exact) mass is 664 g/mol. The van der Waals surface area contributed by atoms with Gasteiger partial charge in [0.25, 0.3) is 5.78 Å². The Kier molecular flexibility index (Phi) is 12.4. The number of carbonyl (C=O) groups excluding carboxylic acids is 3. The molecule has 252 valence electrons. The summed E-state index contributed by atoms with van der Waals surface area (Å²) in [7, 11) is 0. The summed E-state index contributed by atoms with van der Waals surface area (Å²) in [5.41, 5.74) is 1.09. The molecule has 2 aromatic carbocycles. The number of unbranched alkanes of at least 4 members (excludes halogenated alkanes) is 2. The molecule has 0 bridgehead atoms. The van der Waals surface area contributed by atoms with Crippen molar-refractivity contribution in [1.29, 1.82) is 0 Å². The number of rotatable bonds is 16. The summed E-state index contributed by atoms with van der Waals surface area (Å²) in [6, 6.07) is 10.8. The quantitative estimate of drug-likeness (QED) is 0.0541. The summed E-state index contributed by atoms with van der Waals surface area (Å²) in [5.74, 6) is -0.934. The highest BCUT2D eigenvalue weighted by Crippen LogP contribution is 2.45. The van der Waals surface area contributed by atoms with Gasteiger partial charge >= 0.3 is 11.9 Å². The van der Waals surface area contributed by atoms with Gasteiger partial charge in [0.2, 0.25) is 0 Å². The Hall–Kier alpha value is -4.38. The first-order valence-electron chi connectivity index (χ1n) is 16.2. The number of Topliss-reactive ketones (excluding diaryl/α,β-unsaturated/α-hetero) is 1. The van der Waals surface area contributed by atoms with Crippen LogP contribution in [0.25, 0.3) is 5.76 Å². The van der Waals surface area contributed by atoms with Crippen LogP contribution < -0.4 is 19.1 Å². The number of ketones is 1. The minimum Gasteiger partial charge on any atom is -0.507 e. The molecule has 1 saturated heterocycles. The van der Waals surface area contributed by atoms with Crippen molar-refractivity contribution in [2.75, 3.05) is 31.3 Å². The van der Waals surface area contributed by atoms with E-state index in [-0.39, 0.29) is 33.9 Å². The Labute approximate surface area is 280 Å². The second kappa shape index (κ2) is 16.4. The number of aliphatic hydroxyl groups is 1. The molecule has 1 amide bonds. The fourth-order valence-corrected chi connectivity index (χ4v) is 5.92. The maximum Gasteiger partial charge on any atom is 0.350 e. The third-order valence-corrected chi connectivity index (χ3v) is 8.54. The van der Waals surface area contributed by atoms with Gasteiger partial charge in [0.1, 0.15) is 16.4 Å². The van der Waals surface area contributed by atoms with Crippen LogP contribution in [0.3, 0.4) is 0 Å². The number of esters is 1. The predicted octanol–water partition coefficient (Wildman–Crippen LogP) is 7.65. The van der Waals surface area contributed by atoms with Crippen LogP contribution in [0.4, 0.5) is 5.13 Å². The van der Waals surface area contributed by atoms with Crippen molar-refractivity contribution in [3.63, 3.8) is 0 Å². The second-order valence-electron chi connectivity index (χ2n) is 11.6. The van der Waals surface area contributed by atoms with Crippen LogP contribution >= 0.6 is 11.3 Å². The number of hydrogen-bond acceptors (Lipinski definition) is 10. The standard InChI is InChI=1S/C36H44N2O8S/c1-7-10-18-44-26-15-12-24(13-16-26)31(39)29-30(25-14-17-27(45-19-11-8-2)28(20-25)43-9-3)38(34(41)32(29)40)36-37-23(6)33(47-36)35(42)46-21-22(4)5/h12-17,20,22,30,39H,7-11,18-19,21H2,1-6H3/b31-29+. The van der Waals surface area contributed by atoms with E-state index < -0.39 is 23.7 Å². The molecular weight excluding hydrogens is 620 g/mol. The number of aryl methyl sites for hydroxylation is 1. The third-order valence-electron chi connectivity index (χ3n) is 7.40. The molecular formula is C36H44N2O8S. The predicted molar refractivity (Wildman–Crippen MR) is 182 cm³/mol. The number of amides is 1. The van der Waals surface area contributed by atoms with E-state index in [2.05, 4.69) is 18.8 Å². The van der Waals surface area contributed by atoms with Crippen LogP contribution in [-0.4, -0.2) is 54.2 Å². The van der Waals surface area contributed by atoms with Crippen molar-refractivity contribution in [3.05, 3.63) is 69.7 Å². The molecule has 0 aliphatic carbocycles. The fraction of sp³-hybridized carbons (Fsp3) is 0.444. The average Bonchev–Trinajstić information content (AvgIpc) is 3.56. The van der Waals surface area contributed by atoms with Gasteiger partial charge < -0.3 is 24.1 Å². The highest BCUT2D eigenvalue weighted by molar-refractivity contribution is 7.17. The number of nitrogens with zero attached hydrogens (tertiary/aromatic N) is 2. The van der Waals surface area contributed by atoms with E-state index in [0.717, 1.165) is 37.0 Å². The van der Waals surface area contributed by atoms with Gasteiger partial charge in [-0.1, -0.05) is 57.9 Å². The molecule has 0 radical (unpaired) electrons. The summed E-state index contributed by atoms with van der Waals surface area (Å²) in [6.07, 6.45) is 3.73. The maximum atomic E-state index is 13.8. The maximum absolute atomic E-state index is 13.8. The number of aliphatic hydroxyl groups excluding tert-OH is 1. The van der Waals surface area contributed by atoms with Crippen LogP contribution in [0.1, 0.15) is 92.8 Å². The van der Waals surface area contributed by atoms with Crippen molar-refractivity contribution in [3.8, 4) is 17.2 Å². The minimum atomic E-state index is -1.08. The lowest BCUT2D eigenvalue weighted by Gasteiger charge is -2.24. The van der Waals surface area contributed by atoms with E-state index in [1.54, 1.807) is 49.4 Å². The van der Waals surface area contributed by atoms with Crippen LogP contribution in [0.5, 0.6) is 17.2 Å². The summed E-state index contributed by atoms with van der Waals surface area (Å²) >= 11 is 0.963. The lowest BCUT2D eigenvalue weighted by Crippen LogP contribution is -2.29. The molecule has 1 atom stereocenters. The first-order chi connectivity index (χ1) is 22.6. The van der Waals surface area contributed by atoms with Gasteiger partial charge in [-0.05, 0) is 74.6 Å². The molecule has 11 heteroatoms. The van der Waals surface area contributed by atoms with Crippen molar-refractivity contribution in [2.45, 2.75) is 73.3 Å². The normalized spacial score (nSPS) is 15.7. The first-order valence-corrected chi connectivity index (χ1v) is 17.0. The zero-order valence-electron chi connectivity index (χ0n) is 28.0. The molecule has 1 fully saturated rings. The van der Waals surface area contributed by atoms with Gasteiger partial charge in [0, 0.05) is 5.56 Å². The molecule has 2 heterocycles. The number of benzene rings is 2. The van der Waals surface area contributed by atoms with Crippen LogP contribution in [0, 0.1) is 12.8 Å². The summed E-state index contributed by atoms with van der Waals surface area (Å²) < 4.78 is 23.1. The largest absolute Gasteiger partial charge is 0.507 e. The van der Waals surface area contributed by atoms with Gasteiger partial charge in [-0.2, -0.15) is 0 Å². The zero-order valence-corrected chi connectivity index (χ0v) is 28.8. The van der Waals surface area contributed by atoms with Crippen LogP contribution in [0.15, 0.2) is 48.0 Å². The number of anilines is 1. The Morgan fingerprint density at radius 2 is 1.64 bits per heavy atom. The van der Waals surface area contributed by atoms with Gasteiger partial charge in [-0.15, -0.1) is 0 Å². The number of carbonyl (C=O) groups is 3. The summed E-state index contributed by atoms with van der Waals surface area (Å²) in [6.45, 7) is 13.2. The third kappa shape index (κ3) is 8.32. The fourth-order valence-electron chi connectivity index (χ4n) is 4.94. The Bertz CT molecular complexity index is 1590. The summed E-state index contributed by atoms with van der Waals surface area (Å²) in [4.78, 5) is 46.5. The number of aromatic nitrogens is 1. The number of hydrogen-bond donors (Lipinski definition) is 1. The van der Waals surface area contributed by atoms with Crippen molar-refractivity contribution >= 4 is 39.9 Å². The van der Waals surface area contributed by atoms with E-state index in [1.807, 2.05) is 20.8 Å². The lowest BCUT2D eigenvalue weighted by atomic mass is 9.95. The Balaban J connectivity index is 1.83. The van der Waals surface area contributed by atoms with Gasteiger partial charge in [-0.25, -0.2) is 9.78 Å². The topological polar surface area (TPSA) is 124 Å². The van der Waals surface area contributed by atoms with E-state index in [0.29, 0.717) is 53.9 Å². The lowest BCUT2D eigenvalue weighted by molar-refractivity contribution is -0.132. The molecule has 1 aliphatic rings. The molecule has 47 heavy (non-hydrogen) atoms. The zero-order chi connectivity index (χ0) is 34.1. The number of thiazole rings is 1. The number of ether oxygens (including phenoxy) is 4. The molecule has 0 spiro atoms. The van der Waals surface area contributed by atoms with E-state index in [4.69, 9.17) is 18.9 Å². The first kappa shape index (κ1) is 35.5. The van der Waals surface area contributed by atoms with Crippen LogP contribution in [0.2, 0.25) is 0 Å². The molecule has 3 aromatic rings. The average molecular weight is 665 g/mol. The highest BCUT2D eigenvalue weighted by atomic mass is 32.1. The van der Waals surface area contributed by atoms with Crippen molar-refractivity contribution < 1.29 is 38.4 Å². The minimum absolute atomic E-state index is 0.117. The van der Waals surface area contributed by atoms with E-state index >= 15 is 0 Å². The molecule has 10 nitrogen and oxygen atoms in total. The van der Waals surface area contributed by atoms with Gasteiger partial charge in [0.05, 0.1) is 43.7 Å². The van der Waals surface area contributed by atoms with Crippen LogP contribution in [-0.2, 0) is 14.3 Å². The molecule has 1 aromatic heterocycles. The van der Waals surface area contributed by atoms with Crippen molar-refractivity contribution in [2.24, 2.45) is 5.92 Å². The van der Waals surface area contributed by atoms with Gasteiger partial charge in [0.15, 0.2) is 16.6 Å². The molecule has 1 unspecified atom stereocenters. The van der Waals surface area contributed by atoms with Gasteiger partial charge in [-0.3, -0.25) is 14.5 Å². The van der Waals surface area contributed by atoms with E-state index in [9.17, 15) is 19.5 Å². The Morgan fingerprint density at radius 1 is 0.957 bits per heavy atom. The Morgan fingerprint density at radius 3 is 2.28 bits per heavy atom. The molecule has 4 rings (SSSR count). The summed E-state index contributed by atoms with van der Waals surface area (Å²) in [5, 5.41) is 11.8. The second-order valence-corrected chi connectivity index (χ2v) is 12.6. The molecule has 1 aliphatic heterocycles. The highest BCUT2D eigenvalue weighted by Gasteiger charge is 2.48. The SMILES string of the molecule is CCCCOc1ccc(/C(O)=C2\C(=O)C(=O)N(c3nc(C)c(C(=O)OCC(C)C)s3)C2c2ccc(OCCCC)c(OCC)c2)cc1. The van der Waals surface area contributed by atoms with E-state index in [1.165, 1.54) is 4.90 Å². The molecule has 0 saturated carbocycles. The van der Waals surface area contributed by atoms with Crippen molar-refractivity contribution in [1.82, 2.24) is 4.98 Å².